The second-order valence-corrected chi connectivity index (χ2v) is 4.53. The molecule has 2 rings (SSSR count). The second kappa shape index (κ2) is 5.57. The molecule has 4 heteroatoms. The van der Waals surface area contributed by atoms with Gasteiger partial charge in [0.15, 0.2) is 5.78 Å². The van der Waals surface area contributed by atoms with Crippen molar-refractivity contribution in [3.8, 4) is 5.75 Å². The van der Waals surface area contributed by atoms with Gasteiger partial charge in [0.1, 0.15) is 5.75 Å². The van der Waals surface area contributed by atoms with Crippen LogP contribution in [0, 0.1) is 0 Å². The third-order valence-corrected chi connectivity index (χ3v) is 3.17. The number of rotatable bonds is 4. The molecule has 0 radical (unpaired) electrons. The predicted molar refractivity (Wildman–Crippen MR) is 74.0 cm³/mol. The zero-order valence-corrected chi connectivity index (χ0v) is 10.9. The first-order valence-corrected chi connectivity index (χ1v) is 6.16. The normalized spacial score (nSPS) is 11.8. The van der Waals surface area contributed by atoms with Gasteiger partial charge in [-0.15, -0.1) is 0 Å². The summed E-state index contributed by atoms with van der Waals surface area (Å²) in [4.78, 5) is 23.3. The molecule has 1 atom stereocenters. The molecule has 0 fully saturated rings. The maximum atomic E-state index is 12.3. The Morgan fingerprint density at radius 3 is 2.30 bits per heavy atom. The number of hydrogen-bond donors (Lipinski definition) is 2. The Hall–Kier alpha value is -2.62. The molecule has 0 saturated carbocycles. The average Bonchev–Trinajstić information content (AvgIpc) is 2.47. The molecule has 0 spiro atoms. The standard InChI is InChI=1S/C16H14O4/c1-10(16(19)20)12-7-8-14(17)13(9-12)15(18)11-5-3-2-4-6-11/h2-10,17H,1H3,(H,19,20). The number of benzene rings is 2. The lowest BCUT2D eigenvalue weighted by atomic mass is 9.95. The lowest BCUT2D eigenvalue weighted by Crippen LogP contribution is -2.09. The largest absolute Gasteiger partial charge is 0.507 e. The van der Waals surface area contributed by atoms with Crippen LogP contribution in [0.5, 0.6) is 5.75 Å². The van der Waals surface area contributed by atoms with Crippen molar-refractivity contribution in [3.63, 3.8) is 0 Å². The SMILES string of the molecule is CC(C(=O)O)c1ccc(O)c(C(=O)c2ccccc2)c1. The first-order valence-electron chi connectivity index (χ1n) is 6.16. The molecule has 0 aliphatic rings. The van der Waals surface area contributed by atoms with Crippen LogP contribution in [-0.4, -0.2) is 22.0 Å². The van der Waals surface area contributed by atoms with E-state index in [2.05, 4.69) is 0 Å². The quantitative estimate of drug-likeness (QED) is 0.838. The number of aliphatic carboxylic acids is 1. The molecule has 2 aromatic carbocycles. The zero-order valence-electron chi connectivity index (χ0n) is 10.9. The van der Waals surface area contributed by atoms with Crippen molar-refractivity contribution in [1.82, 2.24) is 0 Å². The van der Waals surface area contributed by atoms with Gasteiger partial charge in [-0.25, -0.2) is 0 Å². The number of ketones is 1. The molecule has 20 heavy (non-hydrogen) atoms. The van der Waals surface area contributed by atoms with Crippen LogP contribution < -0.4 is 0 Å². The summed E-state index contributed by atoms with van der Waals surface area (Å²) in [5.41, 5.74) is 1.04. The fourth-order valence-corrected chi connectivity index (χ4v) is 1.89. The van der Waals surface area contributed by atoms with Gasteiger partial charge in [0.2, 0.25) is 0 Å². The zero-order chi connectivity index (χ0) is 14.7. The highest BCUT2D eigenvalue weighted by Gasteiger charge is 2.19. The molecular formula is C16H14O4. The molecular weight excluding hydrogens is 256 g/mol. The highest BCUT2D eigenvalue weighted by Crippen LogP contribution is 2.25. The van der Waals surface area contributed by atoms with E-state index in [-0.39, 0.29) is 17.1 Å². The van der Waals surface area contributed by atoms with Crippen LogP contribution in [0.1, 0.15) is 34.3 Å². The Labute approximate surface area is 116 Å². The molecule has 1 unspecified atom stereocenters. The predicted octanol–water partition coefficient (Wildman–Crippen LogP) is 2.81. The first kappa shape index (κ1) is 13.8. The minimum absolute atomic E-state index is 0.113. The second-order valence-electron chi connectivity index (χ2n) is 4.53. The molecule has 0 saturated heterocycles. The molecule has 2 aromatic rings. The molecule has 0 aromatic heterocycles. The third-order valence-electron chi connectivity index (χ3n) is 3.17. The van der Waals surface area contributed by atoms with E-state index in [0.717, 1.165) is 0 Å². The fraction of sp³-hybridized carbons (Fsp3) is 0.125. The molecule has 2 N–H and O–H groups in total. The Morgan fingerprint density at radius 1 is 1.05 bits per heavy atom. The summed E-state index contributed by atoms with van der Waals surface area (Å²) in [7, 11) is 0. The molecule has 4 nitrogen and oxygen atoms in total. The monoisotopic (exact) mass is 270 g/mol. The molecule has 0 aliphatic heterocycles. The van der Waals surface area contributed by atoms with Crippen LogP contribution >= 0.6 is 0 Å². The van der Waals surface area contributed by atoms with E-state index >= 15 is 0 Å². The van der Waals surface area contributed by atoms with Gasteiger partial charge in [-0.05, 0) is 24.6 Å². The van der Waals surface area contributed by atoms with Gasteiger partial charge >= 0.3 is 5.97 Å². The maximum absolute atomic E-state index is 12.3. The van der Waals surface area contributed by atoms with E-state index in [0.29, 0.717) is 11.1 Å². The molecule has 0 aliphatic carbocycles. The first-order chi connectivity index (χ1) is 9.50. The molecule has 0 bridgehead atoms. The smallest absolute Gasteiger partial charge is 0.310 e. The fourth-order valence-electron chi connectivity index (χ4n) is 1.89. The Bertz CT molecular complexity index is 647. The number of carboxylic acids is 1. The van der Waals surface area contributed by atoms with Crippen LogP contribution in [0.3, 0.4) is 0 Å². The third kappa shape index (κ3) is 2.69. The topological polar surface area (TPSA) is 74.6 Å². The van der Waals surface area contributed by atoms with E-state index in [1.54, 1.807) is 30.3 Å². The van der Waals surface area contributed by atoms with Crippen LogP contribution in [0.4, 0.5) is 0 Å². The summed E-state index contributed by atoms with van der Waals surface area (Å²) < 4.78 is 0. The number of carboxylic acid groups (broad SMARTS) is 1. The number of aromatic hydroxyl groups is 1. The van der Waals surface area contributed by atoms with Gasteiger partial charge < -0.3 is 10.2 Å². The number of phenols is 1. The Kier molecular flexibility index (Phi) is 3.84. The van der Waals surface area contributed by atoms with Gasteiger partial charge in [0, 0.05) is 5.56 Å². The van der Waals surface area contributed by atoms with Crippen molar-refractivity contribution in [2.24, 2.45) is 0 Å². The number of carbonyl (C=O) groups excluding carboxylic acids is 1. The summed E-state index contributed by atoms with van der Waals surface area (Å²) in [6.45, 7) is 1.53. The van der Waals surface area contributed by atoms with E-state index < -0.39 is 11.9 Å². The van der Waals surface area contributed by atoms with Gasteiger partial charge in [0.05, 0.1) is 11.5 Å². The Morgan fingerprint density at radius 2 is 1.70 bits per heavy atom. The lowest BCUT2D eigenvalue weighted by molar-refractivity contribution is -0.138. The van der Waals surface area contributed by atoms with E-state index in [9.17, 15) is 14.7 Å². The van der Waals surface area contributed by atoms with Gasteiger partial charge in [0.25, 0.3) is 0 Å². The van der Waals surface area contributed by atoms with Crippen molar-refractivity contribution in [2.75, 3.05) is 0 Å². The minimum atomic E-state index is -0.978. The van der Waals surface area contributed by atoms with Crippen molar-refractivity contribution < 1.29 is 19.8 Å². The minimum Gasteiger partial charge on any atom is -0.507 e. The lowest BCUT2D eigenvalue weighted by Gasteiger charge is -2.10. The summed E-state index contributed by atoms with van der Waals surface area (Å²) >= 11 is 0. The average molecular weight is 270 g/mol. The summed E-state index contributed by atoms with van der Waals surface area (Å²) in [5.74, 6) is -2.20. The van der Waals surface area contributed by atoms with Crippen LogP contribution in [0.2, 0.25) is 0 Å². The van der Waals surface area contributed by atoms with Crippen molar-refractivity contribution in [2.45, 2.75) is 12.8 Å². The number of hydrogen-bond acceptors (Lipinski definition) is 3. The van der Waals surface area contributed by atoms with E-state index in [1.165, 1.54) is 25.1 Å². The van der Waals surface area contributed by atoms with Gasteiger partial charge in [-0.2, -0.15) is 0 Å². The van der Waals surface area contributed by atoms with Crippen LogP contribution in [0.15, 0.2) is 48.5 Å². The van der Waals surface area contributed by atoms with Crippen LogP contribution in [0.25, 0.3) is 0 Å². The molecule has 0 amide bonds. The molecule has 0 heterocycles. The number of phenolic OH excluding ortho intramolecular Hbond substituents is 1. The highest BCUT2D eigenvalue weighted by atomic mass is 16.4. The van der Waals surface area contributed by atoms with Crippen LogP contribution in [-0.2, 0) is 4.79 Å². The summed E-state index contributed by atoms with van der Waals surface area (Å²) in [6.07, 6.45) is 0. The summed E-state index contributed by atoms with van der Waals surface area (Å²) in [5, 5.41) is 18.8. The summed E-state index contributed by atoms with van der Waals surface area (Å²) in [6, 6.07) is 12.8. The Balaban J connectivity index is 2.44. The molecule has 102 valence electrons. The van der Waals surface area contributed by atoms with Gasteiger partial charge in [-0.3, -0.25) is 9.59 Å². The maximum Gasteiger partial charge on any atom is 0.310 e. The van der Waals surface area contributed by atoms with Crippen molar-refractivity contribution >= 4 is 11.8 Å². The van der Waals surface area contributed by atoms with Gasteiger partial charge in [-0.1, -0.05) is 36.4 Å². The van der Waals surface area contributed by atoms with E-state index in [4.69, 9.17) is 5.11 Å². The van der Waals surface area contributed by atoms with Crippen molar-refractivity contribution in [1.29, 1.82) is 0 Å². The van der Waals surface area contributed by atoms with Crippen molar-refractivity contribution in [3.05, 3.63) is 65.2 Å². The number of carbonyl (C=O) groups is 2. The van der Waals surface area contributed by atoms with E-state index in [1.807, 2.05) is 0 Å². The highest BCUT2D eigenvalue weighted by molar-refractivity contribution is 6.10.